The van der Waals surface area contributed by atoms with Gasteiger partial charge >= 0.3 is 18.1 Å². The molecular formula is C37H36BrF5N6O5S. The summed E-state index contributed by atoms with van der Waals surface area (Å²) in [7, 11) is 0. The average molecular weight is 852 g/mol. The van der Waals surface area contributed by atoms with Gasteiger partial charge < -0.3 is 37.7 Å². The number of aryl methyl sites for hydroxylation is 2. The normalized spacial score (nSPS) is 12.7. The number of carboxylic acid groups (broad SMARTS) is 1. The standard InChI is InChI=1S/C35H35F2N6O3S.C2HF3O2.BrH/c1-22-12-26(13-23(2)34(22)46-33(44)10-11-38)17-42-20-40-43(21-42)19-35(45,29-9-8-28(36)15-30(29)37)24(3)14-32-41-31(18-47-32)27-6-4-25(16-39)5-7-27;3-2(4,5)1(6)7;/h4-9,12-13,15,18,20-21,24,45H,10-11,14,17,19,38H2,1-3H3;(H,6,7);1H/q+1;;/p-1. The van der Waals surface area contributed by atoms with Crippen molar-refractivity contribution in [2.75, 3.05) is 6.54 Å². The van der Waals surface area contributed by atoms with Gasteiger partial charge in [0.2, 0.25) is 6.33 Å². The lowest BCUT2D eigenvalue weighted by atomic mass is 9.80. The van der Waals surface area contributed by atoms with Crippen LogP contribution in [-0.4, -0.2) is 49.6 Å². The number of aliphatic hydroxyl groups is 1. The summed E-state index contributed by atoms with van der Waals surface area (Å²) in [6, 6.07) is 16.2. The summed E-state index contributed by atoms with van der Waals surface area (Å²) in [6.07, 6.45) is -1.32. The van der Waals surface area contributed by atoms with Crippen molar-refractivity contribution < 1.29 is 68.0 Å². The molecule has 0 radical (unpaired) electrons. The topological polar surface area (TPSA) is 168 Å². The second kappa shape index (κ2) is 19.0. The van der Waals surface area contributed by atoms with E-state index in [2.05, 4.69) is 11.2 Å². The molecule has 5 rings (SSSR count). The van der Waals surface area contributed by atoms with Crippen molar-refractivity contribution >= 4 is 23.3 Å². The van der Waals surface area contributed by atoms with Crippen LogP contribution in [0.3, 0.4) is 0 Å². The molecule has 0 aliphatic heterocycles. The van der Waals surface area contributed by atoms with Crippen molar-refractivity contribution in [1.29, 1.82) is 5.26 Å². The number of benzene rings is 3. The lowest BCUT2D eigenvalue weighted by molar-refractivity contribution is -0.689. The fourth-order valence-corrected chi connectivity index (χ4v) is 6.52. The summed E-state index contributed by atoms with van der Waals surface area (Å²) < 4.78 is 69.8. The second-order valence-electron chi connectivity index (χ2n) is 12.5. The molecule has 0 aliphatic rings. The number of carbonyl (C=O) groups excluding carboxylic acids is 1. The molecule has 0 bridgehead atoms. The number of carbonyl (C=O) groups is 2. The van der Waals surface area contributed by atoms with Crippen molar-refractivity contribution in [2.24, 2.45) is 11.7 Å². The van der Waals surface area contributed by atoms with Gasteiger partial charge in [-0.05, 0) is 66.8 Å². The number of ether oxygens (including phenoxy) is 1. The number of halogens is 6. The lowest BCUT2D eigenvalue weighted by Gasteiger charge is -2.32. The first-order valence-electron chi connectivity index (χ1n) is 16.3. The molecule has 11 nitrogen and oxygen atoms in total. The molecule has 2 aromatic heterocycles. The summed E-state index contributed by atoms with van der Waals surface area (Å²) in [4.78, 5) is 25.6. The highest BCUT2D eigenvalue weighted by atomic mass is 79.9. The van der Waals surface area contributed by atoms with Crippen LogP contribution in [0, 0.1) is 42.7 Å². The summed E-state index contributed by atoms with van der Waals surface area (Å²) in [5.41, 5.74) is 8.34. The van der Waals surface area contributed by atoms with Crippen LogP contribution in [0.2, 0.25) is 0 Å². The zero-order valence-corrected chi connectivity index (χ0v) is 32.1. The van der Waals surface area contributed by atoms with Crippen LogP contribution < -0.4 is 32.0 Å². The maximum Gasteiger partial charge on any atom is 0.490 e. The van der Waals surface area contributed by atoms with Gasteiger partial charge in [-0.1, -0.05) is 25.1 Å². The van der Waals surface area contributed by atoms with Crippen LogP contribution in [0.15, 0.2) is 72.6 Å². The number of hydrogen-bond acceptors (Lipinski definition) is 9. The first-order valence-corrected chi connectivity index (χ1v) is 17.2. The first-order chi connectivity index (χ1) is 25.4. The Labute approximate surface area is 327 Å². The SMILES string of the molecule is Cc1cc(C[n+]2cnn(CC(O)(c3ccc(F)cc3F)C(C)Cc3nc(-c4ccc(C#N)cc4)cs3)c2)cc(C)c1OC(=O)CCN.O=C(O)C(F)(F)F.[Br-]. The van der Waals surface area contributed by atoms with Crippen LogP contribution in [0.25, 0.3) is 11.3 Å². The quantitative estimate of drug-likeness (QED) is 0.0741. The van der Waals surface area contributed by atoms with Gasteiger partial charge in [0.05, 0.1) is 35.3 Å². The van der Waals surface area contributed by atoms with Crippen molar-refractivity contribution in [1.82, 2.24) is 14.8 Å². The fourth-order valence-electron chi connectivity index (χ4n) is 5.59. The Hall–Kier alpha value is -5.09. The maximum atomic E-state index is 15.2. The fraction of sp³-hybridized carbons (Fsp3) is 0.297. The third-order valence-electron chi connectivity index (χ3n) is 8.28. The van der Waals surface area contributed by atoms with Crippen LogP contribution in [0.1, 0.15) is 46.2 Å². The van der Waals surface area contributed by atoms with E-state index in [1.165, 1.54) is 22.1 Å². The lowest BCUT2D eigenvalue weighted by Crippen LogP contribution is -3.00. The third-order valence-corrected chi connectivity index (χ3v) is 9.15. The molecule has 292 valence electrons. The Morgan fingerprint density at radius 3 is 2.29 bits per heavy atom. The zero-order valence-electron chi connectivity index (χ0n) is 29.6. The molecule has 0 aliphatic carbocycles. The highest BCUT2D eigenvalue weighted by molar-refractivity contribution is 7.09. The number of aliphatic carboxylic acids is 1. The van der Waals surface area contributed by atoms with E-state index in [1.54, 1.807) is 31.7 Å². The van der Waals surface area contributed by atoms with Crippen molar-refractivity contribution in [3.63, 3.8) is 0 Å². The summed E-state index contributed by atoms with van der Waals surface area (Å²) >= 11 is 1.42. The minimum absolute atomic E-state index is 0. The zero-order chi connectivity index (χ0) is 39.8. The molecule has 18 heteroatoms. The van der Waals surface area contributed by atoms with Gasteiger partial charge in [-0.25, -0.2) is 23.1 Å². The van der Waals surface area contributed by atoms with Crippen molar-refractivity contribution in [3.05, 3.63) is 117 Å². The van der Waals surface area contributed by atoms with E-state index in [4.69, 9.17) is 30.6 Å². The van der Waals surface area contributed by atoms with E-state index in [-0.39, 0.29) is 48.0 Å². The van der Waals surface area contributed by atoms with E-state index in [0.717, 1.165) is 45.1 Å². The van der Waals surface area contributed by atoms with E-state index < -0.39 is 35.3 Å². The van der Waals surface area contributed by atoms with Crippen LogP contribution in [0.5, 0.6) is 5.75 Å². The molecule has 2 atom stereocenters. The highest BCUT2D eigenvalue weighted by Gasteiger charge is 2.41. The third kappa shape index (κ3) is 11.7. The average Bonchev–Trinajstić information content (AvgIpc) is 3.75. The molecule has 0 saturated carbocycles. The highest BCUT2D eigenvalue weighted by Crippen LogP contribution is 2.37. The van der Waals surface area contributed by atoms with E-state index >= 15 is 4.39 Å². The number of rotatable bonds is 12. The van der Waals surface area contributed by atoms with Gasteiger partial charge in [0, 0.05) is 40.6 Å². The summed E-state index contributed by atoms with van der Waals surface area (Å²) in [6.45, 7) is 6.08. The van der Waals surface area contributed by atoms with E-state index in [0.29, 0.717) is 24.3 Å². The van der Waals surface area contributed by atoms with Crippen LogP contribution in [0.4, 0.5) is 22.0 Å². The molecule has 0 fully saturated rings. The molecule has 0 spiro atoms. The molecular weight excluding hydrogens is 815 g/mol. The minimum atomic E-state index is -5.08. The van der Waals surface area contributed by atoms with Crippen molar-refractivity contribution in [3.8, 4) is 23.1 Å². The Balaban J connectivity index is 0.000000926. The number of hydrogen-bond donors (Lipinski definition) is 3. The van der Waals surface area contributed by atoms with Crippen LogP contribution in [-0.2, 0) is 34.7 Å². The van der Waals surface area contributed by atoms with Gasteiger partial charge in [0.25, 0.3) is 6.33 Å². The number of carboxylic acids is 1. The van der Waals surface area contributed by atoms with Gasteiger partial charge in [-0.15, -0.1) is 16.0 Å². The Bertz CT molecular complexity index is 2130. The van der Waals surface area contributed by atoms with Gasteiger partial charge in [0.15, 0.2) is 0 Å². The largest absolute Gasteiger partial charge is 1.00 e. The number of alkyl halides is 3. The number of nitrogens with two attached hydrogens (primary N) is 1. The first kappa shape index (κ1) is 44.3. The molecule has 5 aromatic rings. The Morgan fingerprint density at radius 1 is 1.09 bits per heavy atom. The molecule has 4 N–H and O–H groups in total. The monoisotopic (exact) mass is 850 g/mol. The minimum Gasteiger partial charge on any atom is -1.00 e. The number of nitriles is 1. The number of aromatic nitrogens is 4. The Morgan fingerprint density at radius 2 is 1.73 bits per heavy atom. The molecule has 2 heterocycles. The van der Waals surface area contributed by atoms with Crippen LogP contribution >= 0.6 is 11.3 Å². The maximum absolute atomic E-state index is 15.2. The van der Waals surface area contributed by atoms with E-state index in [9.17, 15) is 27.5 Å². The number of nitrogens with zero attached hydrogens (tertiary/aromatic N) is 5. The Kier molecular flexibility index (Phi) is 15.3. The second-order valence-corrected chi connectivity index (χ2v) is 13.4. The molecule has 3 aromatic carbocycles. The number of esters is 1. The predicted molar refractivity (Wildman–Crippen MR) is 186 cm³/mol. The van der Waals surface area contributed by atoms with Gasteiger partial charge in [0.1, 0.15) is 29.5 Å². The van der Waals surface area contributed by atoms with Crippen molar-refractivity contribution in [2.45, 2.75) is 58.5 Å². The summed E-state index contributed by atoms with van der Waals surface area (Å²) in [5.74, 6) is -4.78. The molecule has 0 amide bonds. The summed E-state index contributed by atoms with van der Waals surface area (Å²) in [5, 5.41) is 35.5. The number of thiazole rings is 1. The van der Waals surface area contributed by atoms with Gasteiger partial charge in [-0.2, -0.15) is 18.4 Å². The molecule has 2 unspecified atom stereocenters. The molecule has 55 heavy (non-hydrogen) atoms. The van der Waals surface area contributed by atoms with Gasteiger partial charge in [-0.3, -0.25) is 4.79 Å². The molecule has 0 saturated heterocycles. The smallest absolute Gasteiger partial charge is 0.490 e. The van der Waals surface area contributed by atoms with E-state index in [1.807, 2.05) is 48.1 Å². The predicted octanol–water partition coefficient (Wildman–Crippen LogP) is 2.77.